The molecule has 2 N–H and O–H groups in total. The zero-order valence-electron chi connectivity index (χ0n) is 19.9. The average molecular weight is 500 g/mol. The molecule has 1 aliphatic rings. The third-order valence-corrected chi connectivity index (χ3v) is 6.57. The molecule has 0 saturated carbocycles. The highest BCUT2D eigenvalue weighted by Gasteiger charge is 2.37. The summed E-state index contributed by atoms with van der Waals surface area (Å²) in [7, 11) is 0. The Kier molecular flexibility index (Phi) is 7.93. The molecule has 0 saturated heterocycles. The van der Waals surface area contributed by atoms with Crippen molar-refractivity contribution in [3.63, 3.8) is 0 Å². The van der Waals surface area contributed by atoms with Crippen molar-refractivity contribution < 1.29 is 18.7 Å². The Balaban J connectivity index is 1.54. The van der Waals surface area contributed by atoms with Gasteiger partial charge >= 0.3 is 5.97 Å². The van der Waals surface area contributed by atoms with E-state index in [1.54, 1.807) is 19.1 Å². The summed E-state index contributed by atoms with van der Waals surface area (Å²) in [5, 5.41) is 16.6. The van der Waals surface area contributed by atoms with E-state index in [2.05, 4.69) is 16.7 Å². The van der Waals surface area contributed by atoms with E-state index in [9.17, 15) is 14.9 Å². The molecule has 8 heteroatoms. The lowest BCUT2D eigenvalue weighted by atomic mass is 9.86. The number of nitriles is 1. The van der Waals surface area contributed by atoms with E-state index < -0.39 is 11.9 Å². The van der Waals surface area contributed by atoms with Gasteiger partial charge in [-0.3, -0.25) is 4.79 Å². The highest BCUT2D eigenvalue weighted by Crippen LogP contribution is 2.41. The van der Waals surface area contributed by atoms with Crippen molar-refractivity contribution in [3.05, 3.63) is 112 Å². The van der Waals surface area contributed by atoms with Crippen molar-refractivity contribution in [1.82, 2.24) is 5.32 Å². The number of anilines is 1. The highest BCUT2D eigenvalue weighted by atomic mass is 32.2. The van der Waals surface area contributed by atoms with E-state index in [1.807, 2.05) is 61.5 Å². The molecule has 2 aromatic carbocycles. The van der Waals surface area contributed by atoms with Gasteiger partial charge in [0.1, 0.15) is 12.4 Å². The highest BCUT2D eigenvalue weighted by molar-refractivity contribution is 8.03. The first-order chi connectivity index (χ1) is 17.5. The summed E-state index contributed by atoms with van der Waals surface area (Å²) in [5.41, 5.74) is 3.73. The number of allylic oxidation sites excluding steroid dienone is 2. The van der Waals surface area contributed by atoms with Crippen molar-refractivity contribution in [3.8, 4) is 6.07 Å². The molecule has 1 atom stereocenters. The lowest BCUT2D eigenvalue weighted by Crippen LogP contribution is -2.29. The molecule has 2 heterocycles. The maximum absolute atomic E-state index is 13.2. The van der Waals surface area contributed by atoms with Crippen LogP contribution in [-0.4, -0.2) is 17.6 Å². The van der Waals surface area contributed by atoms with E-state index in [1.165, 1.54) is 18.0 Å². The minimum atomic E-state index is -0.753. The quantitative estimate of drug-likeness (QED) is 0.400. The Morgan fingerprint density at radius 2 is 1.92 bits per heavy atom. The van der Waals surface area contributed by atoms with Crippen LogP contribution in [0, 0.1) is 18.3 Å². The second-order valence-corrected chi connectivity index (χ2v) is 9.22. The van der Waals surface area contributed by atoms with Crippen LogP contribution in [0.2, 0.25) is 0 Å². The predicted molar refractivity (Wildman–Crippen MR) is 138 cm³/mol. The molecule has 1 aliphatic heterocycles. The maximum Gasteiger partial charge on any atom is 0.337 e. The minimum Gasteiger partial charge on any atom is -0.468 e. The number of hydrogen-bond acceptors (Lipinski definition) is 7. The Hall–Kier alpha value is -4.22. The summed E-state index contributed by atoms with van der Waals surface area (Å²) in [6.45, 7) is 3.80. The van der Waals surface area contributed by atoms with E-state index in [0.717, 1.165) is 11.1 Å². The number of nitrogens with one attached hydrogen (secondary N) is 2. The summed E-state index contributed by atoms with van der Waals surface area (Å²) in [6.07, 6.45) is 1.50. The van der Waals surface area contributed by atoms with Gasteiger partial charge in [-0.2, -0.15) is 5.26 Å². The van der Waals surface area contributed by atoms with Crippen LogP contribution in [0.5, 0.6) is 0 Å². The van der Waals surface area contributed by atoms with Crippen molar-refractivity contribution in [2.24, 2.45) is 0 Å². The van der Waals surface area contributed by atoms with Gasteiger partial charge in [0, 0.05) is 11.4 Å². The molecule has 1 amide bonds. The number of carbonyl (C=O) groups excluding carboxylic acids is 2. The van der Waals surface area contributed by atoms with Crippen LogP contribution in [0.4, 0.5) is 5.69 Å². The number of ether oxygens (including phenoxy) is 1. The molecule has 0 radical (unpaired) electrons. The summed E-state index contributed by atoms with van der Waals surface area (Å²) >= 11 is 1.20. The second kappa shape index (κ2) is 11.5. The summed E-state index contributed by atoms with van der Waals surface area (Å²) < 4.78 is 11.2. The number of furan rings is 1. The van der Waals surface area contributed by atoms with Crippen molar-refractivity contribution in [2.75, 3.05) is 11.1 Å². The van der Waals surface area contributed by atoms with E-state index in [4.69, 9.17) is 9.15 Å². The molecule has 0 bridgehead atoms. The fourth-order valence-electron chi connectivity index (χ4n) is 3.90. The average Bonchev–Trinajstić information content (AvgIpc) is 3.41. The lowest BCUT2D eigenvalue weighted by molar-refractivity contribution is -0.140. The first kappa shape index (κ1) is 24.9. The molecule has 182 valence electrons. The maximum atomic E-state index is 13.2. The first-order valence-corrected chi connectivity index (χ1v) is 12.3. The molecule has 0 spiro atoms. The first-order valence-electron chi connectivity index (χ1n) is 11.3. The number of nitrogens with zero attached hydrogens (tertiary/aromatic N) is 1. The topological polar surface area (TPSA) is 104 Å². The normalized spacial score (nSPS) is 15.2. The number of esters is 1. The number of aryl methyl sites for hydroxylation is 1. The lowest BCUT2D eigenvalue weighted by Gasteiger charge is -2.28. The number of amides is 1. The molecule has 3 aromatic rings. The third kappa shape index (κ3) is 5.88. The molecule has 4 rings (SSSR count). The predicted octanol–water partition coefficient (Wildman–Crippen LogP) is 5.40. The summed E-state index contributed by atoms with van der Waals surface area (Å²) in [6, 6.07) is 22.5. The molecule has 1 aromatic heterocycles. The zero-order chi connectivity index (χ0) is 25.5. The van der Waals surface area contributed by atoms with E-state index >= 15 is 0 Å². The minimum absolute atomic E-state index is 0.0768. The summed E-state index contributed by atoms with van der Waals surface area (Å²) in [5.74, 6) is -0.980. The van der Waals surface area contributed by atoms with Crippen LogP contribution in [0.15, 0.2) is 99.3 Å². The fraction of sp³-hybridized carbons (Fsp3) is 0.179. The molecule has 7 nitrogen and oxygen atoms in total. The van der Waals surface area contributed by atoms with Crippen LogP contribution in [-0.2, 0) is 20.9 Å². The van der Waals surface area contributed by atoms with Gasteiger partial charge in [0.15, 0.2) is 0 Å². The van der Waals surface area contributed by atoms with E-state index in [0.29, 0.717) is 27.7 Å². The number of thioether (sulfide) groups is 1. The van der Waals surface area contributed by atoms with Crippen molar-refractivity contribution >= 4 is 29.3 Å². The SMILES string of the molecule is CC1=C(C(=O)OCc2ccccc2)[C@H](c2ccco2)C(C#N)=C(SCC(=O)Nc2cccc(C)c2)N1. The number of dihydropyridines is 1. The van der Waals surface area contributed by atoms with Gasteiger partial charge in [-0.05, 0) is 49.2 Å². The molecule has 0 fully saturated rings. The monoisotopic (exact) mass is 499 g/mol. The van der Waals surface area contributed by atoms with Gasteiger partial charge in [0.25, 0.3) is 0 Å². The zero-order valence-corrected chi connectivity index (χ0v) is 20.7. The standard InChI is InChI=1S/C28H25N3O4S/c1-18-8-6-11-21(14-18)31-24(32)17-36-27-22(15-29)26(23-12-7-13-34-23)25(19(2)30-27)28(33)35-16-20-9-4-3-5-10-20/h3-14,26,30H,16-17H2,1-2H3,(H,31,32)/t26-/m0/s1. The Morgan fingerprint density at radius 1 is 1.11 bits per heavy atom. The summed E-state index contributed by atoms with van der Waals surface area (Å²) in [4.78, 5) is 25.8. The number of carbonyl (C=O) groups is 2. The number of benzene rings is 2. The van der Waals surface area contributed by atoms with Crippen LogP contribution < -0.4 is 10.6 Å². The van der Waals surface area contributed by atoms with Crippen molar-refractivity contribution in [2.45, 2.75) is 26.4 Å². The largest absolute Gasteiger partial charge is 0.468 e. The molecule has 36 heavy (non-hydrogen) atoms. The third-order valence-electron chi connectivity index (χ3n) is 5.56. The molecule has 0 unspecified atom stereocenters. The van der Waals surface area contributed by atoms with Crippen LogP contribution in [0.25, 0.3) is 0 Å². The number of rotatable bonds is 8. The molecular weight excluding hydrogens is 474 g/mol. The fourth-order valence-corrected chi connectivity index (χ4v) is 4.79. The van der Waals surface area contributed by atoms with Crippen LogP contribution in [0.1, 0.15) is 29.7 Å². The van der Waals surface area contributed by atoms with Crippen molar-refractivity contribution in [1.29, 1.82) is 5.26 Å². The van der Waals surface area contributed by atoms with Crippen LogP contribution >= 0.6 is 11.8 Å². The Labute approximate surface area is 213 Å². The second-order valence-electron chi connectivity index (χ2n) is 8.23. The van der Waals surface area contributed by atoms with E-state index in [-0.39, 0.29) is 23.8 Å². The van der Waals surface area contributed by atoms with Gasteiger partial charge in [-0.25, -0.2) is 4.79 Å². The van der Waals surface area contributed by atoms with Gasteiger partial charge in [0.2, 0.25) is 5.91 Å². The Morgan fingerprint density at radius 3 is 2.61 bits per heavy atom. The molecule has 0 aliphatic carbocycles. The smallest absolute Gasteiger partial charge is 0.337 e. The Bertz CT molecular complexity index is 1350. The van der Waals surface area contributed by atoms with Gasteiger partial charge in [-0.15, -0.1) is 0 Å². The number of hydrogen-bond donors (Lipinski definition) is 2. The van der Waals surface area contributed by atoms with Gasteiger partial charge in [-0.1, -0.05) is 54.2 Å². The molecular formula is C28H25N3O4S. The van der Waals surface area contributed by atoms with Gasteiger partial charge < -0.3 is 19.8 Å². The van der Waals surface area contributed by atoms with Crippen LogP contribution in [0.3, 0.4) is 0 Å². The van der Waals surface area contributed by atoms with Gasteiger partial charge in [0.05, 0.1) is 40.2 Å².